The first-order chi connectivity index (χ1) is 12.2. The third-order valence-corrected chi connectivity index (χ3v) is 3.32. The summed E-state index contributed by atoms with van der Waals surface area (Å²) >= 11 is 0. The van der Waals surface area contributed by atoms with Crippen LogP contribution in [0.15, 0.2) is 52.3 Å². The average molecular weight is 340 g/mol. The number of nitriles is 1. The Hall–Kier alpha value is -3.18. The van der Waals surface area contributed by atoms with E-state index < -0.39 is 0 Å². The van der Waals surface area contributed by atoms with E-state index in [0.717, 1.165) is 11.3 Å². The minimum absolute atomic E-state index is 0.167. The monoisotopic (exact) mass is 340 g/mol. The van der Waals surface area contributed by atoms with Crippen LogP contribution in [-0.2, 0) is 11.3 Å². The molecule has 2 rings (SSSR count). The van der Waals surface area contributed by atoms with Crippen LogP contribution in [0.4, 0.5) is 0 Å². The molecule has 0 radical (unpaired) electrons. The second-order valence-corrected chi connectivity index (χ2v) is 4.99. The minimum atomic E-state index is -0.167. The van der Waals surface area contributed by atoms with Crippen molar-refractivity contribution in [3.05, 3.63) is 52.8 Å². The Morgan fingerprint density at radius 1 is 1.28 bits per heavy atom. The average Bonchev–Trinajstić information content (AvgIpc) is 2.65. The Bertz CT molecular complexity index is 795. The van der Waals surface area contributed by atoms with Crippen LogP contribution in [0, 0.1) is 11.5 Å². The van der Waals surface area contributed by atoms with E-state index in [9.17, 15) is 4.79 Å². The fraction of sp³-hybridized carbons (Fsp3) is 0.294. The lowest BCUT2D eigenvalue weighted by Gasteiger charge is -2.09. The van der Waals surface area contributed by atoms with Gasteiger partial charge in [-0.05, 0) is 6.07 Å². The van der Waals surface area contributed by atoms with Crippen molar-refractivity contribution in [1.82, 2.24) is 20.4 Å². The molecule has 1 heterocycles. The Kier molecular flexibility index (Phi) is 7.15. The van der Waals surface area contributed by atoms with Crippen molar-refractivity contribution in [2.24, 2.45) is 4.99 Å². The number of nitrogens with one attached hydrogen (secondary N) is 2. The number of hydrogen-bond acceptors (Lipinski definition) is 5. The second kappa shape index (κ2) is 9.85. The topological polar surface area (TPSA) is 104 Å². The lowest BCUT2D eigenvalue weighted by atomic mass is 10.1. The normalized spacial score (nSPS) is 11.0. The molecule has 1 aromatic carbocycles. The number of rotatable bonds is 7. The fourth-order valence-corrected chi connectivity index (χ4v) is 2.10. The standard InChI is InChI=1S/C17H20N6O2/c1-19-17(21-13-18)20-9-11-25-12-10-23-16(24)8-7-15(22-23)14-5-3-2-4-6-14/h2-8H,9-12H2,1H3,(H2,19,20,21). The highest BCUT2D eigenvalue weighted by atomic mass is 16.5. The van der Waals surface area contributed by atoms with Crippen molar-refractivity contribution >= 4 is 5.96 Å². The molecule has 25 heavy (non-hydrogen) atoms. The zero-order valence-corrected chi connectivity index (χ0v) is 14.0. The number of hydrogen-bond donors (Lipinski definition) is 2. The van der Waals surface area contributed by atoms with Gasteiger partial charge < -0.3 is 10.1 Å². The molecule has 0 aliphatic carbocycles. The summed E-state index contributed by atoms with van der Waals surface area (Å²) in [6, 6.07) is 12.9. The maximum Gasteiger partial charge on any atom is 0.266 e. The van der Waals surface area contributed by atoms with Gasteiger partial charge in [-0.3, -0.25) is 15.1 Å². The van der Waals surface area contributed by atoms with Crippen molar-refractivity contribution in [1.29, 1.82) is 5.26 Å². The van der Waals surface area contributed by atoms with Crippen LogP contribution < -0.4 is 16.2 Å². The van der Waals surface area contributed by atoms with E-state index in [0.29, 0.717) is 32.3 Å². The van der Waals surface area contributed by atoms with E-state index in [-0.39, 0.29) is 5.56 Å². The summed E-state index contributed by atoms with van der Waals surface area (Å²) < 4.78 is 6.88. The Labute approximate surface area is 145 Å². The van der Waals surface area contributed by atoms with E-state index >= 15 is 0 Å². The lowest BCUT2D eigenvalue weighted by molar-refractivity contribution is 0.127. The summed E-state index contributed by atoms with van der Waals surface area (Å²) in [5.74, 6) is 0.388. The molecule has 2 N–H and O–H groups in total. The van der Waals surface area contributed by atoms with Gasteiger partial charge in [0.15, 0.2) is 6.19 Å². The van der Waals surface area contributed by atoms with Crippen molar-refractivity contribution in [3.63, 3.8) is 0 Å². The smallest absolute Gasteiger partial charge is 0.266 e. The molecule has 0 aliphatic heterocycles. The summed E-state index contributed by atoms with van der Waals surface area (Å²) in [5, 5.41) is 18.2. The molecule has 1 aromatic heterocycles. The fourth-order valence-electron chi connectivity index (χ4n) is 2.10. The van der Waals surface area contributed by atoms with Crippen LogP contribution in [0.3, 0.4) is 0 Å². The third-order valence-electron chi connectivity index (χ3n) is 3.32. The maximum atomic E-state index is 11.9. The van der Waals surface area contributed by atoms with Gasteiger partial charge in [-0.2, -0.15) is 10.4 Å². The summed E-state index contributed by atoms with van der Waals surface area (Å²) in [4.78, 5) is 15.8. The van der Waals surface area contributed by atoms with Gasteiger partial charge in [0.25, 0.3) is 5.56 Å². The van der Waals surface area contributed by atoms with Gasteiger partial charge in [0, 0.05) is 25.2 Å². The minimum Gasteiger partial charge on any atom is -0.378 e. The third kappa shape index (κ3) is 5.75. The number of aromatic nitrogens is 2. The molecule has 130 valence electrons. The number of aliphatic imine (C=N–C) groups is 1. The van der Waals surface area contributed by atoms with Crippen molar-refractivity contribution in [3.8, 4) is 17.5 Å². The van der Waals surface area contributed by atoms with E-state index in [1.165, 1.54) is 10.7 Å². The van der Waals surface area contributed by atoms with Gasteiger partial charge in [-0.1, -0.05) is 30.3 Å². The van der Waals surface area contributed by atoms with Crippen LogP contribution in [0.25, 0.3) is 11.3 Å². The van der Waals surface area contributed by atoms with Gasteiger partial charge >= 0.3 is 0 Å². The van der Waals surface area contributed by atoms with Crippen LogP contribution in [0.2, 0.25) is 0 Å². The summed E-state index contributed by atoms with van der Waals surface area (Å²) in [6.45, 7) is 1.63. The SMILES string of the molecule is CN=C(NC#N)NCCOCCn1nc(-c2ccccc2)ccc1=O. The second-order valence-electron chi connectivity index (χ2n) is 4.99. The van der Waals surface area contributed by atoms with Crippen LogP contribution in [0.1, 0.15) is 0 Å². The molecule has 0 saturated carbocycles. The predicted octanol–water partition coefficient (Wildman–Crippen LogP) is 0.573. The Balaban J connectivity index is 1.81. The Morgan fingerprint density at radius 3 is 2.80 bits per heavy atom. The zero-order valence-electron chi connectivity index (χ0n) is 14.0. The molecule has 0 fully saturated rings. The van der Waals surface area contributed by atoms with Crippen LogP contribution in [-0.4, -0.2) is 42.5 Å². The molecule has 0 amide bonds. The number of ether oxygens (including phenoxy) is 1. The summed E-state index contributed by atoms with van der Waals surface area (Å²) in [5.41, 5.74) is 1.53. The summed E-state index contributed by atoms with van der Waals surface area (Å²) in [7, 11) is 1.57. The van der Waals surface area contributed by atoms with Crippen molar-refractivity contribution in [2.45, 2.75) is 6.54 Å². The van der Waals surface area contributed by atoms with Crippen LogP contribution in [0.5, 0.6) is 0 Å². The van der Waals surface area contributed by atoms with E-state index in [2.05, 4.69) is 20.7 Å². The molecule has 8 heteroatoms. The molecule has 0 aliphatic rings. The van der Waals surface area contributed by atoms with Gasteiger partial charge in [-0.25, -0.2) is 4.68 Å². The number of nitrogens with zero attached hydrogens (tertiary/aromatic N) is 4. The molecule has 0 spiro atoms. The quantitative estimate of drug-likeness (QED) is 0.251. The first-order valence-corrected chi connectivity index (χ1v) is 7.81. The molecule has 8 nitrogen and oxygen atoms in total. The molecule has 0 saturated heterocycles. The molecule has 0 atom stereocenters. The maximum absolute atomic E-state index is 11.9. The molecule has 2 aromatic rings. The van der Waals surface area contributed by atoms with Crippen molar-refractivity contribution < 1.29 is 4.74 Å². The number of benzene rings is 1. The molecule has 0 bridgehead atoms. The largest absolute Gasteiger partial charge is 0.378 e. The Morgan fingerprint density at radius 2 is 2.08 bits per heavy atom. The van der Waals surface area contributed by atoms with Gasteiger partial charge in [-0.15, -0.1) is 0 Å². The highest BCUT2D eigenvalue weighted by Crippen LogP contribution is 2.13. The predicted molar refractivity (Wildman–Crippen MR) is 94.9 cm³/mol. The molecular weight excluding hydrogens is 320 g/mol. The van der Waals surface area contributed by atoms with E-state index in [4.69, 9.17) is 10.00 Å². The van der Waals surface area contributed by atoms with E-state index in [1.807, 2.05) is 30.3 Å². The zero-order chi connectivity index (χ0) is 17.9. The molecular formula is C17H20N6O2. The highest BCUT2D eigenvalue weighted by molar-refractivity contribution is 5.80. The van der Waals surface area contributed by atoms with Crippen LogP contribution >= 0.6 is 0 Å². The first-order valence-electron chi connectivity index (χ1n) is 7.81. The van der Waals surface area contributed by atoms with Crippen molar-refractivity contribution in [2.75, 3.05) is 26.8 Å². The van der Waals surface area contributed by atoms with Gasteiger partial charge in [0.1, 0.15) is 0 Å². The first kappa shape index (κ1) is 18.2. The summed E-state index contributed by atoms with van der Waals surface area (Å²) in [6.07, 6.45) is 1.79. The van der Waals surface area contributed by atoms with E-state index in [1.54, 1.807) is 19.3 Å². The van der Waals surface area contributed by atoms with Gasteiger partial charge in [0.05, 0.1) is 25.5 Å². The van der Waals surface area contributed by atoms with Gasteiger partial charge in [0.2, 0.25) is 5.96 Å². The highest BCUT2D eigenvalue weighted by Gasteiger charge is 2.03. The molecule has 0 unspecified atom stereocenters. The lowest BCUT2D eigenvalue weighted by Crippen LogP contribution is -2.36. The number of guanidine groups is 1.